The fourth-order valence-corrected chi connectivity index (χ4v) is 3.86. The molecule has 1 heterocycles. The fraction of sp³-hybridized carbons (Fsp3) is 0. The Hall–Kier alpha value is -4.09. The first-order valence-corrected chi connectivity index (χ1v) is 10.3. The molecule has 0 unspecified atom stereocenters. The largest absolute Gasteiger partial charge is 0.455 e. The van der Waals surface area contributed by atoms with E-state index >= 15 is 0 Å². The lowest BCUT2D eigenvalue weighted by Crippen LogP contribution is -2.13. The van der Waals surface area contributed by atoms with Crippen LogP contribution in [0.4, 0.5) is 5.82 Å². The molecular weight excluding hydrogens is 402 g/mol. The van der Waals surface area contributed by atoms with Crippen LogP contribution in [0, 0.1) is 11.3 Å². The summed E-state index contributed by atoms with van der Waals surface area (Å²) in [6.07, 6.45) is 1.25. The second-order valence-corrected chi connectivity index (χ2v) is 7.91. The van der Waals surface area contributed by atoms with Crippen molar-refractivity contribution in [2.24, 2.45) is 0 Å². The van der Waals surface area contributed by atoms with Crippen LogP contribution < -0.4 is 9.46 Å². The molecule has 0 spiro atoms. The highest BCUT2D eigenvalue weighted by molar-refractivity contribution is 7.92. The molecule has 0 bridgehead atoms. The Morgan fingerprint density at radius 2 is 1.70 bits per heavy atom. The van der Waals surface area contributed by atoms with Gasteiger partial charge in [0.25, 0.3) is 10.0 Å². The number of rotatable bonds is 6. The van der Waals surface area contributed by atoms with Gasteiger partial charge in [-0.15, -0.1) is 0 Å². The topological polar surface area (TPSA) is 105 Å². The zero-order valence-corrected chi connectivity index (χ0v) is 16.3. The standard InChI is InChI=1S/C22H15N3O4S/c23-15-17-14-18(30(26,27)25-22-12-13-28-24-22)10-11-20(17)29-21-9-5-4-8-19(21)16-6-2-1-3-7-16/h1-14H,(H,24,25). The smallest absolute Gasteiger partial charge is 0.263 e. The Morgan fingerprint density at radius 3 is 2.43 bits per heavy atom. The van der Waals surface area contributed by atoms with Crippen LogP contribution in [0.15, 0.2) is 94.5 Å². The lowest BCUT2D eigenvalue weighted by molar-refractivity contribution is 0.423. The molecule has 0 radical (unpaired) electrons. The minimum Gasteiger partial charge on any atom is -0.455 e. The van der Waals surface area contributed by atoms with Crippen molar-refractivity contribution < 1.29 is 17.7 Å². The molecule has 0 saturated carbocycles. The lowest BCUT2D eigenvalue weighted by atomic mass is 10.0. The summed E-state index contributed by atoms with van der Waals surface area (Å²) in [6.45, 7) is 0. The average molecular weight is 417 g/mol. The molecule has 0 saturated heterocycles. The second-order valence-electron chi connectivity index (χ2n) is 6.22. The normalized spacial score (nSPS) is 10.9. The highest BCUT2D eigenvalue weighted by atomic mass is 32.2. The highest BCUT2D eigenvalue weighted by Crippen LogP contribution is 2.35. The van der Waals surface area contributed by atoms with Crippen LogP contribution in [0.3, 0.4) is 0 Å². The van der Waals surface area contributed by atoms with E-state index in [0.29, 0.717) is 5.75 Å². The van der Waals surface area contributed by atoms with Crippen molar-refractivity contribution in [1.29, 1.82) is 5.26 Å². The minimum absolute atomic E-state index is 0.0469. The highest BCUT2D eigenvalue weighted by Gasteiger charge is 2.19. The zero-order valence-electron chi connectivity index (χ0n) is 15.5. The first kappa shape index (κ1) is 19.2. The van der Waals surface area contributed by atoms with Crippen LogP contribution in [0.1, 0.15) is 5.56 Å². The second kappa shape index (κ2) is 8.11. The van der Waals surface area contributed by atoms with Crippen molar-refractivity contribution in [1.82, 2.24) is 5.16 Å². The molecule has 4 aromatic rings. The third kappa shape index (κ3) is 4.01. The first-order valence-electron chi connectivity index (χ1n) is 8.86. The number of nitrogens with zero attached hydrogens (tertiary/aromatic N) is 2. The number of ether oxygens (including phenoxy) is 1. The summed E-state index contributed by atoms with van der Waals surface area (Å²) in [5.74, 6) is 0.850. The predicted octanol–water partition coefficient (Wildman–Crippen LogP) is 4.81. The summed E-state index contributed by atoms with van der Waals surface area (Å²) in [7, 11) is -3.94. The minimum atomic E-state index is -3.94. The molecule has 0 fully saturated rings. The Bertz CT molecular complexity index is 1310. The Kier molecular flexibility index (Phi) is 5.20. The molecule has 1 N–H and O–H groups in total. The van der Waals surface area contributed by atoms with Crippen LogP contribution in [0.25, 0.3) is 11.1 Å². The van der Waals surface area contributed by atoms with Crippen molar-refractivity contribution in [3.05, 3.63) is 90.7 Å². The summed E-state index contributed by atoms with van der Waals surface area (Å²) in [4.78, 5) is -0.0919. The number of sulfonamides is 1. The summed E-state index contributed by atoms with van der Waals surface area (Å²) >= 11 is 0. The van der Waals surface area contributed by atoms with Crippen molar-refractivity contribution >= 4 is 15.8 Å². The number of anilines is 1. The van der Waals surface area contributed by atoms with E-state index in [0.717, 1.165) is 11.1 Å². The lowest BCUT2D eigenvalue weighted by Gasteiger charge is -2.13. The maximum absolute atomic E-state index is 12.5. The summed E-state index contributed by atoms with van der Waals surface area (Å²) in [6, 6.07) is 24.6. The van der Waals surface area contributed by atoms with Gasteiger partial charge in [0.2, 0.25) is 0 Å². The van der Waals surface area contributed by atoms with E-state index in [-0.39, 0.29) is 22.0 Å². The molecule has 3 aromatic carbocycles. The van der Waals surface area contributed by atoms with Gasteiger partial charge in [-0.1, -0.05) is 53.7 Å². The van der Waals surface area contributed by atoms with E-state index < -0.39 is 10.0 Å². The molecule has 0 aliphatic heterocycles. The van der Waals surface area contributed by atoms with Crippen molar-refractivity contribution in [2.75, 3.05) is 4.72 Å². The number of aromatic nitrogens is 1. The number of benzene rings is 3. The summed E-state index contributed by atoms with van der Waals surface area (Å²) < 4.78 is 38.0. The zero-order chi connectivity index (χ0) is 21.0. The molecule has 7 nitrogen and oxygen atoms in total. The molecule has 0 aliphatic rings. The quantitative estimate of drug-likeness (QED) is 0.483. The number of nitrogens with one attached hydrogen (secondary N) is 1. The van der Waals surface area contributed by atoms with Gasteiger partial charge in [-0.25, -0.2) is 8.42 Å². The van der Waals surface area contributed by atoms with Crippen LogP contribution in [-0.2, 0) is 10.0 Å². The molecule has 0 atom stereocenters. The van der Waals surface area contributed by atoms with Gasteiger partial charge in [-0.05, 0) is 29.8 Å². The number of para-hydroxylation sites is 1. The third-order valence-corrected chi connectivity index (χ3v) is 5.60. The summed E-state index contributed by atoms with van der Waals surface area (Å²) in [5.41, 5.74) is 1.90. The van der Waals surface area contributed by atoms with Crippen LogP contribution in [-0.4, -0.2) is 13.6 Å². The van der Waals surface area contributed by atoms with Gasteiger partial charge in [0.1, 0.15) is 23.8 Å². The van der Waals surface area contributed by atoms with E-state index in [9.17, 15) is 13.7 Å². The van der Waals surface area contributed by atoms with Crippen LogP contribution >= 0.6 is 0 Å². The average Bonchev–Trinajstić information content (AvgIpc) is 3.27. The number of hydrogen-bond donors (Lipinski definition) is 1. The Labute approximate surface area is 173 Å². The van der Waals surface area contributed by atoms with Gasteiger partial charge in [-0.3, -0.25) is 4.72 Å². The van der Waals surface area contributed by atoms with E-state index in [2.05, 4.69) is 14.4 Å². The van der Waals surface area contributed by atoms with Crippen molar-refractivity contribution in [2.45, 2.75) is 4.90 Å². The SMILES string of the molecule is N#Cc1cc(S(=O)(=O)Nc2ccon2)ccc1Oc1ccccc1-c1ccccc1. The van der Waals surface area contributed by atoms with Gasteiger partial charge in [0.05, 0.1) is 10.5 Å². The van der Waals surface area contributed by atoms with E-state index in [1.54, 1.807) is 6.07 Å². The summed E-state index contributed by atoms with van der Waals surface area (Å²) in [5, 5.41) is 13.1. The first-order chi connectivity index (χ1) is 14.6. The van der Waals surface area contributed by atoms with Gasteiger partial charge < -0.3 is 9.26 Å². The fourth-order valence-electron chi connectivity index (χ4n) is 2.84. The van der Waals surface area contributed by atoms with Gasteiger partial charge in [0.15, 0.2) is 5.82 Å². The molecule has 8 heteroatoms. The van der Waals surface area contributed by atoms with Crippen molar-refractivity contribution in [3.63, 3.8) is 0 Å². The Morgan fingerprint density at radius 1 is 0.933 bits per heavy atom. The van der Waals surface area contributed by atoms with E-state index in [1.807, 2.05) is 54.6 Å². The van der Waals surface area contributed by atoms with E-state index in [1.165, 1.54) is 30.5 Å². The van der Waals surface area contributed by atoms with Crippen molar-refractivity contribution in [3.8, 4) is 28.7 Å². The molecule has 30 heavy (non-hydrogen) atoms. The van der Waals surface area contributed by atoms with Gasteiger partial charge in [0, 0.05) is 11.6 Å². The molecular formula is C22H15N3O4S. The predicted molar refractivity (Wildman–Crippen MR) is 110 cm³/mol. The maximum atomic E-state index is 12.5. The number of hydrogen-bond acceptors (Lipinski definition) is 6. The van der Waals surface area contributed by atoms with Gasteiger partial charge in [-0.2, -0.15) is 5.26 Å². The Balaban J connectivity index is 1.67. The maximum Gasteiger partial charge on any atom is 0.263 e. The molecule has 0 amide bonds. The van der Waals surface area contributed by atoms with Gasteiger partial charge >= 0.3 is 0 Å². The molecule has 1 aromatic heterocycles. The van der Waals surface area contributed by atoms with Crippen LogP contribution in [0.2, 0.25) is 0 Å². The third-order valence-electron chi connectivity index (χ3n) is 4.25. The molecule has 148 valence electrons. The van der Waals surface area contributed by atoms with Crippen LogP contribution in [0.5, 0.6) is 11.5 Å². The monoisotopic (exact) mass is 417 g/mol. The number of nitriles is 1. The molecule has 4 rings (SSSR count). The van der Waals surface area contributed by atoms with E-state index in [4.69, 9.17) is 4.74 Å². The molecule has 0 aliphatic carbocycles.